The van der Waals surface area contributed by atoms with E-state index in [9.17, 15) is 4.79 Å². The summed E-state index contributed by atoms with van der Waals surface area (Å²) in [4.78, 5) is 20.4. The molecule has 2 aliphatic heterocycles. The molecule has 1 amide bonds. The summed E-state index contributed by atoms with van der Waals surface area (Å²) in [6.07, 6.45) is 1.65. The number of nitrogen functional groups attached to an aromatic ring is 1. The highest BCUT2D eigenvalue weighted by Crippen LogP contribution is 2.28. The Kier molecular flexibility index (Phi) is 2.61. The van der Waals surface area contributed by atoms with Crippen molar-refractivity contribution in [3.8, 4) is 0 Å². The minimum absolute atomic E-state index is 0.296. The molecule has 0 spiro atoms. The second kappa shape index (κ2) is 4.15. The molecule has 5 heteroatoms. The van der Waals surface area contributed by atoms with Crippen LogP contribution in [0.3, 0.4) is 0 Å². The fraction of sp³-hybridized carbons (Fsp3) is 0.538. The normalized spacial score (nSPS) is 23.4. The number of piperazine rings is 1. The SMILES string of the molecule is Cc1ccc(N)c(N2CCN3C(=O)CCC3C2)n1. The van der Waals surface area contributed by atoms with E-state index in [1.165, 1.54) is 0 Å². The molecular formula is C13H18N4O. The van der Waals surface area contributed by atoms with Crippen LogP contribution in [0.4, 0.5) is 11.5 Å². The van der Waals surface area contributed by atoms with Crippen LogP contribution in [0.5, 0.6) is 0 Å². The first-order valence-electron chi connectivity index (χ1n) is 6.42. The van der Waals surface area contributed by atoms with Crippen LogP contribution >= 0.6 is 0 Å². The number of fused-ring (bicyclic) bond motifs is 1. The molecule has 0 saturated carbocycles. The summed E-state index contributed by atoms with van der Waals surface area (Å²) in [6, 6.07) is 4.17. The van der Waals surface area contributed by atoms with Gasteiger partial charge in [0.15, 0.2) is 5.82 Å². The molecule has 18 heavy (non-hydrogen) atoms. The maximum Gasteiger partial charge on any atom is 0.223 e. The number of amides is 1. The standard InChI is InChI=1S/C13H18N4O/c1-9-2-4-11(14)13(15-9)16-6-7-17-10(8-16)3-5-12(17)18/h2,4,10H,3,5-8,14H2,1H3. The van der Waals surface area contributed by atoms with Crippen molar-refractivity contribution in [1.29, 1.82) is 0 Å². The Morgan fingerprint density at radius 1 is 1.39 bits per heavy atom. The number of hydrogen-bond acceptors (Lipinski definition) is 4. The lowest BCUT2D eigenvalue weighted by Crippen LogP contribution is -2.51. The van der Waals surface area contributed by atoms with Crippen LogP contribution in [0, 0.1) is 6.92 Å². The summed E-state index contributed by atoms with van der Waals surface area (Å²) < 4.78 is 0. The minimum Gasteiger partial charge on any atom is -0.396 e. The van der Waals surface area contributed by atoms with Crippen LogP contribution in [0.1, 0.15) is 18.5 Å². The molecule has 2 N–H and O–H groups in total. The zero-order valence-electron chi connectivity index (χ0n) is 10.6. The number of carbonyl (C=O) groups excluding carboxylic acids is 1. The number of pyridine rings is 1. The molecule has 1 atom stereocenters. The van der Waals surface area contributed by atoms with Crippen LogP contribution in [0.15, 0.2) is 12.1 Å². The van der Waals surface area contributed by atoms with Gasteiger partial charge in [-0.15, -0.1) is 0 Å². The zero-order valence-corrected chi connectivity index (χ0v) is 10.6. The number of aromatic nitrogens is 1. The third-order valence-corrected chi connectivity index (χ3v) is 3.84. The van der Waals surface area contributed by atoms with E-state index in [4.69, 9.17) is 5.73 Å². The highest BCUT2D eigenvalue weighted by molar-refractivity contribution is 5.79. The van der Waals surface area contributed by atoms with Gasteiger partial charge in [-0.1, -0.05) is 0 Å². The number of carbonyl (C=O) groups is 1. The van der Waals surface area contributed by atoms with Crippen molar-refractivity contribution < 1.29 is 4.79 Å². The number of hydrogen-bond donors (Lipinski definition) is 1. The lowest BCUT2D eigenvalue weighted by molar-refractivity contribution is -0.129. The maximum atomic E-state index is 11.6. The molecule has 2 fully saturated rings. The van der Waals surface area contributed by atoms with E-state index in [1.807, 2.05) is 24.0 Å². The molecule has 0 radical (unpaired) electrons. The number of nitrogens with zero attached hydrogens (tertiary/aromatic N) is 3. The van der Waals surface area contributed by atoms with Gasteiger partial charge in [-0.3, -0.25) is 4.79 Å². The number of anilines is 2. The largest absolute Gasteiger partial charge is 0.396 e. The summed E-state index contributed by atoms with van der Waals surface area (Å²) in [5.41, 5.74) is 7.70. The van der Waals surface area contributed by atoms with Crippen molar-refractivity contribution in [3.05, 3.63) is 17.8 Å². The molecule has 0 aromatic carbocycles. The fourth-order valence-corrected chi connectivity index (χ4v) is 2.86. The van der Waals surface area contributed by atoms with Crippen molar-refractivity contribution in [1.82, 2.24) is 9.88 Å². The molecular weight excluding hydrogens is 228 g/mol. The molecule has 0 bridgehead atoms. The van der Waals surface area contributed by atoms with Crippen LogP contribution in [-0.4, -0.2) is 41.5 Å². The molecule has 2 aliphatic rings. The van der Waals surface area contributed by atoms with Crippen LogP contribution < -0.4 is 10.6 Å². The first-order chi connectivity index (χ1) is 8.65. The van der Waals surface area contributed by atoms with Crippen molar-refractivity contribution in [2.75, 3.05) is 30.3 Å². The highest BCUT2D eigenvalue weighted by atomic mass is 16.2. The third kappa shape index (κ3) is 1.79. The van der Waals surface area contributed by atoms with E-state index in [-0.39, 0.29) is 0 Å². The molecule has 3 heterocycles. The Balaban J connectivity index is 1.82. The molecule has 96 valence electrons. The molecule has 1 unspecified atom stereocenters. The van der Waals surface area contributed by atoms with Gasteiger partial charge in [0.2, 0.25) is 5.91 Å². The summed E-state index contributed by atoms with van der Waals surface area (Å²) in [5.74, 6) is 1.17. The highest BCUT2D eigenvalue weighted by Gasteiger charge is 2.36. The monoisotopic (exact) mass is 246 g/mol. The molecule has 5 nitrogen and oxygen atoms in total. The minimum atomic E-state index is 0.296. The van der Waals surface area contributed by atoms with Gasteiger partial charge in [0.05, 0.1) is 5.69 Å². The molecule has 2 saturated heterocycles. The van der Waals surface area contributed by atoms with Gasteiger partial charge < -0.3 is 15.5 Å². The van der Waals surface area contributed by atoms with Crippen molar-refractivity contribution >= 4 is 17.4 Å². The smallest absolute Gasteiger partial charge is 0.223 e. The number of aryl methyl sites for hydroxylation is 1. The van der Waals surface area contributed by atoms with Gasteiger partial charge in [-0.05, 0) is 25.5 Å². The van der Waals surface area contributed by atoms with E-state index in [2.05, 4.69) is 9.88 Å². The Morgan fingerprint density at radius 2 is 2.22 bits per heavy atom. The predicted molar refractivity (Wildman–Crippen MR) is 70.3 cm³/mol. The maximum absolute atomic E-state index is 11.6. The summed E-state index contributed by atoms with van der Waals surface area (Å²) in [7, 11) is 0. The van der Waals surface area contributed by atoms with Gasteiger partial charge >= 0.3 is 0 Å². The first-order valence-corrected chi connectivity index (χ1v) is 6.42. The average Bonchev–Trinajstić information content (AvgIpc) is 2.74. The lowest BCUT2D eigenvalue weighted by Gasteiger charge is -2.38. The van der Waals surface area contributed by atoms with E-state index < -0.39 is 0 Å². The topological polar surface area (TPSA) is 62.5 Å². The summed E-state index contributed by atoms with van der Waals surface area (Å²) >= 11 is 0. The van der Waals surface area contributed by atoms with E-state index >= 15 is 0 Å². The van der Waals surface area contributed by atoms with Gasteiger partial charge in [0.25, 0.3) is 0 Å². The van der Waals surface area contributed by atoms with E-state index in [0.29, 0.717) is 18.4 Å². The zero-order chi connectivity index (χ0) is 12.7. The Bertz CT molecular complexity index is 488. The molecule has 3 rings (SSSR count). The summed E-state index contributed by atoms with van der Waals surface area (Å²) in [6.45, 7) is 4.44. The second-order valence-electron chi connectivity index (χ2n) is 5.09. The molecule has 1 aromatic heterocycles. The van der Waals surface area contributed by atoms with Crippen molar-refractivity contribution in [2.24, 2.45) is 0 Å². The first kappa shape index (κ1) is 11.3. The number of nitrogens with two attached hydrogens (primary N) is 1. The van der Waals surface area contributed by atoms with Gasteiger partial charge in [0, 0.05) is 37.8 Å². The van der Waals surface area contributed by atoms with Crippen LogP contribution in [0.25, 0.3) is 0 Å². The Labute approximate surface area is 107 Å². The Hall–Kier alpha value is -1.78. The van der Waals surface area contributed by atoms with Gasteiger partial charge in [-0.25, -0.2) is 4.98 Å². The second-order valence-corrected chi connectivity index (χ2v) is 5.09. The quantitative estimate of drug-likeness (QED) is 0.795. The number of rotatable bonds is 1. The lowest BCUT2D eigenvalue weighted by atomic mass is 10.1. The summed E-state index contributed by atoms with van der Waals surface area (Å²) in [5, 5.41) is 0. The average molecular weight is 246 g/mol. The van der Waals surface area contributed by atoms with Crippen molar-refractivity contribution in [3.63, 3.8) is 0 Å². The van der Waals surface area contributed by atoms with Crippen LogP contribution in [0.2, 0.25) is 0 Å². The van der Waals surface area contributed by atoms with E-state index in [0.717, 1.165) is 43.3 Å². The van der Waals surface area contributed by atoms with Crippen molar-refractivity contribution in [2.45, 2.75) is 25.8 Å². The predicted octanol–water partition coefficient (Wildman–Crippen LogP) is 0.783. The Morgan fingerprint density at radius 3 is 3.06 bits per heavy atom. The fourth-order valence-electron chi connectivity index (χ4n) is 2.86. The van der Waals surface area contributed by atoms with E-state index in [1.54, 1.807) is 0 Å². The van der Waals surface area contributed by atoms with Gasteiger partial charge in [-0.2, -0.15) is 0 Å². The van der Waals surface area contributed by atoms with Gasteiger partial charge in [0.1, 0.15) is 0 Å². The molecule has 0 aliphatic carbocycles. The third-order valence-electron chi connectivity index (χ3n) is 3.84. The van der Waals surface area contributed by atoms with Crippen LogP contribution in [-0.2, 0) is 4.79 Å². The molecule has 1 aromatic rings.